The molecule has 0 aliphatic carbocycles. The molecule has 0 bridgehead atoms. The van der Waals surface area contributed by atoms with Crippen molar-refractivity contribution in [3.05, 3.63) is 59.1 Å². The van der Waals surface area contributed by atoms with Crippen LogP contribution in [0.5, 0.6) is 5.75 Å². The first-order valence-electron chi connectivity index (χ1n) is 7.50. The summed E-state index contributed by atoms with van der Waals surface area (Å²) in [4.78, 5) is 11.7. The number of hydrogen-bond acceptors (Lipinski definition) is 4. The molecule has 2 aromatic rings. The maximum atomic E-state index is 11.7. The number of nitrogens with one attached hydrogen (secondary N) is 1. The van der Waals surface area contributed by atoms with Crippen molar-refractivity contribution in [2.24, 2.45) is 0 Å². The maximum absolute atomic E-state index is 11.7. The summed E-state index contributed by atoms with van der Waals surface area (Å²) in [6.07, 6.45) is 1.85. The number of ether oxygens (including phenoxy) is 2. The Morgan fingerprint density at radius 1 is 1.13 bits per heavy atom. The van der Waals surface area contributed by atoms with Crippen molar-refractivity contribution in [3.8, 4) is 5.75 Å². The fourth-order valence-corrected chi connectivity index (χ4v) is 2.28. The highest BCUT2D eigenvalue weighted by Crippen LogP contribution is 2.21. The molecular formula is C18H20ClNO3. The Bertz CT molecular complexity index is 631. The average Bonchev–Trinajstić information content (AvgIpc) is 2.59. The van der Waals surface area contributed by atoms with Gasteiger partial charge in [-0.15, -0.1) is 0 Å². The SMILES string of the molecule is COC(=O)c1cc(Cl)ccc1NCCCCOc1ccccc1. The largest absolute Gasteiger partial charge is 0.494 e. The number of benzene rings is 2. The van der Waals surface area contributed by atoms with E-state index in [1.807, 2.05) is 30.3 Å². The molecule has 4 nitrogen and oxygen atoms in total. The van der Waals surface area contributed by atoms with Gasteiger partial charge in [0.05, 0.1) is 19.3 Å². The van der Waals surface area contributed by atoms with Gasteiger partial charge in [-0.3, -0.25) is 0 Å². The standard InChI is InChI=1S/C18H20ClNO3/c1-22-18(21)16-13-14(19)9-10-17(16)20-11-5-6-12-23-15-7-3-2-4-8-15/h2-4,7-10,13,20H,5-6,11-12H2,1H3. The molecule has 0 aliphatic rings. The average molecular weight is 334 g/mol. The minimum absolute atomic E-state index is 0.401. The third-order valence-corrected chi connectivity index (χ3v) is 3.52. The van der Waals surface area contributed by atoms with E-state index in [0.29, 0.717) is 17.2 Å². The number of methoxy groups -OCH3 is 1. The van der Waals surface area contributed by atoms with E-state index in [1.54, 1.807) is 18.2 Å². The first kappa shape index (κ1) is 17.2. The summed E-state index contributed by atoms with van der Waals surface area (Å²) in [7, 11) is 1.36. The fourth-order valence-electron chi connectivity index (χ4n) is 2.11. The zero-order valence-corrected chi connectivity index (χ0v) is 13.8. The zero-order chi connectivity index (χ0) is 16.5. The van der Waals surface area contributed by atoms with Crippen molar-refractivity contribution < 1.29 is 14.3 Å². The predicted molar refractivity (Wildman–Crippen MR) is 92.5 cm³/mol. The van der Waals surface area contributed by atoms with Gasteiger partial charge in [0.15, 0.2) is 0 Å². The lowest BCUT2D eigenvalue weighted by molar-refractivity contribution is 0.0602. The van der Waals surface area contributed by atoms with Gasteiger partial charge in [0.1, 0.15) is 5.75 Å². The molecule has 0 fully saturated rings. The summed E-state index contributed by atoms with van der Waals surface area (Å²) in [6, 6.07) is 14.9. The van der Waals surface area contributed by atoms with Gasteiger partial charge in [-0.25, -0.2) is 4.79 Å². The molecule has 2 rings (SSSR count). The van der Waals surface area contributed by atoms with Crippen molar-refractivity contribution in [2.45, 2.75) is 12.8 Å². The number of para-hydroxylation sites is 1. The van der Waals surface area contributed by atoms with Gasteiger partial charge < -0.3 is 14.8 Å². The molecule has 0 amide bonds. The molecule has 0 spiro atoms. The van der Waals surface area contributed by atoms with Crippen molar-refractivity contribution >= 4 is 23.3 Å². The number of unbranched alkanes of at least 4 members (excludes halogenated alkanes) is 1. The summed E-state index contributed by atoms with van der Waals surface area (Å²) in [6.45, 7) is 1.40. The molecule has 0 aromatic heterocycles. The second-order valence-electron chi connectivity index (χ2n) is 4.98. The fraction of sp³-hybridized carbons (Fsp3) is 0.278. The Morgan fingerprint density at radius 2 is 1.91 bits per heavy atom. The number of esters is 1. The number of carbonyl (C=O) groups is 1. The molecule has 0 saturated heterocycles. The lowest BCUT2D eigenvalue weighted by atomic mass is 10.1. The van der Waals surface area contributed by atoms with Gasteiger partial charge in [0.2, 0.25) is 0 Å². The highest BCUT2D eigenvalue weighted by molar-refractivity contribution is 6.31. The number of hydrogen-bond donors (Lipinski definition) is 1. The normalized spacial score (nSPS) is 10.2. The van der Waals surface area contributed by atoms with Crippen molar-refractivity contribution in [3.63, 3.8) is 0 Å². The Kier molecular flexibility index (Phi) is 6.76. The lowest BCUT2D eigenvalue weighted by Crippen LogP contribution is -2.10. The van der Waals surface area contributed by atoms with Gasteiger partial charge in [0.25, 0.3) is 0 Å². The van der Waals surface area contributed by atoms with Gasteiger partial charge in [0, 0.05) is 17.3 Å². The number of halogens is 1. The topological polar surface area (TPSA) is 47.6 Å². The van der Waals surface area contributed by atoms with E-state index in [-0.39, 0.29) is 0 Å². The Balaban J connectivity index is 1.75. The van der Waals surface area contributed by atoms with Crippen molar-refractivity contribution in [1.29, 1.82) is 0 Å². The van der Waals surface area contributed by atoms with Crippen LogP contribution in [0.2, 0.25) is 5.02 Å². The number of anilines is 1. The summed E-state index contributed by atoms with van der Waals surface area (Å²) in [5, 5.41) is 3.75. The van der Waals surface area contributed by atoms with Gasteiger partial charge >= 0.3 is 5.97 Å². The van der Waals surface area contributed by atoms with E-state index in [4.69, 9.17) is 21.1 Å². The van der Waals surface area contributed by atoms with Gasteiger partial charge in [-0.2, -0.15) is 0 Å². The third-order valence-electron chi connectivity index (χ3n) is 3.29. The van der Waals surface area contributed by atoms with Crippen LogP contribution in [0.1, 0.15) is 23.2 Å². The molecular weight excluding hydrogens is 314 g/mol. The molecule has 122 valence electrons. The quantitative estimate of drug-likeness (QED) is 0.574. The van der Waals surface area contributed by atoms with Crippen LogP contribution in [-0.4, -0.2) is 26.2 Å². The maximum Gasteiger partial charge on any atom is 0.340 e. The lowest BCUT2D eigenvalue weighted by Gasteiger charge is -2.11. The van der Waals surface area contributed by atoms with E-state index < -0.39 is 5.97 Å². The van der Waals surface area contributed by atoms with Crippen molar-refractivity contribution in [2.75, 3.05) is 25.6 Å². The summed E-state index contributed by atoms with van der Waals surface area (Å²) >= 11 is 5.93. The van der Waals surface area contributed by atoms with E-state index in [2.05, 4.69) is 5.32 Å². The monoisotopic (exact) mass is 333 g/mol. The van der Waals surface area contributed by atoms with Crippen LogP contribution in [0.25, 0.3) is 0 Å². The second-order valence-corrected chi connectivity index (χ2v) is 5.41. The van der Waals surface area contributed by atoms with Gasteiger partial charge in [-0.1, -0.05) is 29.8 Å². The predicted octanol–water partition coefficient (Wildman–Crippen LogP) is 4.40. The summed E-state index contributed by atoms with van der Waals surface area (Å²) < 4.78 is 10.4. The highest BCUT2D eigenvalue weighted by Gasteiger charge is 2.12. The van der Waals surface area contributed by atoms with E-state index in [1.165, 1.54) is 7.11 Å². The Morgan fingerprint density at radius 3 is 2.65 bits per heavy atom. The van der Waals surface area contributed by atoms with E-state index >= 15 is 0 Å². The minimum atomic E-state index is -0.401. The van der Waals surface area contributed by atoms with Crippen LogP contribution >= 0.6 is 11.6 Å². The Hall–Kier alpha value is -2.20. The summed E-state index contributed by atoms with van der Waals surface area (Å²) in [5.41, 5.74) is 1.17. The van der Waals surface area contributed by atoms with E-state index in [9.17, 15) is 4.79 Å². The van der Waals surface area contributed by atoms with Crippen LogP contribution in [0.4, 0.5) is 5.69 Å². The molecule has 0 heterocycles. The molecule has 5 heteroatoms. The smallest absolute Gasteiger partial charge is 0.340 e. The molecule has 0 radical (unpaired) electrons. The van der Waals surface area contributed by atoms with Crippen LogP contribution in [0, 0.1) is 0 Å². The first-order chi connectivity index (χ1) is 11.2. The molecule has 0 saturated carbocycles. The molecule has 1 N–H and O–H groups in total. The summed E-state index contributed by atoms with van der Waals surface area (Å²) in [5.74, 6) is 0.480. The molecule has 23 heavy (non-hydrogen) atoms. The van der Waals surface area contributed by atoms with Gasteiger partial charge in [-0.05, 0) is 43.2 Å². The van der Waals surface area contributed by atoms with Crippen molar-refractivity contribution in [1.82, 2.24) is 0 Å². The minimum Gasteiger partial charge on any atom is -0.494 e. The van der Waals surface area contributed by atoms with Crippen LogP contribution in [0.15, 0.2) is 48.5 Å². The molecule has 0 atom stereocenters. The molecule has 0 unspecified atom stereocenters. The number of carbonyl (C=O) groups excluding carboxylic acids is 1. The first-order valence-corrected chi connectivity index (χ1v) is 7.88. The Labute approximate surface area is 141 Å². The third kappa shape index (κ3) is 5.49. The van der Waals surface area contributed by atoms with Crippen LogP contribution in [0.3, 0.4) is 0 Å². The molecule has 0 aliphatic heterocycles. The molecule has 2 aromatic carbocycles. The van der Waals surface area contributed by atoms with Crippen LogP contribution in [-0.2, 0) is 4.74 Å². The zero-order valence-electron chi connectivity index (χ0n) is 13.0. The van der Waals surface area contributed by atoms with Crippen LogP contribution < -0.4 is 10.1 Å². The van der Waals surface area contributed by atoms with E-state index in [0.717, 1.165) is 30.8 Å². The number of rotatable bonds is 8. The highest BCUT2D eigenvalue weighted by atomic mass is 35.5. The second kappa shape index (κ2) is 9.06.